The van der Waals surface area contributed by atoms with E-state index in [0.29, 0.717) is 5.11 Å². The first-order chi connectivity index (χ1) is 12.4. The topological polar surface area (TPSA) is 59.7 Å². The Morgan fingerprint density at radius 2 is 1.96 bits per heavy atom. The van der Waals surface area contributed by atoms with Crippen molar-refractivity contribution in [2.24, 2.45) is 7.05 Å². The molecule has 0 saturated carbocycles. The van der Waals surface area contributed by atoms with Crippen LogP contribution in [0.2, 0.25) is 0 Å². The quantitative estimate of drug-likeness (QED) is 0.677. The van der Waals surface area contributed by atoms with Gasteiger partial charge in [-0.3, -0.25) is 9.36 Å². The zero-order valence-corrected chi connectivity index (χ0v) is 16.3. The predicted molar refractivity (Wildman–Crippen MR) is 108 cm³/mol. The number of aromatic nitrogens is 4. The molecule has 0 radical (unpaired) electrons. The average Bonchev–Trinajstić information content (AvgIpc) is 3.15. The third kappa shape index (κ3) is 4.29. The van der Waals surface area contributed by atoms with Crippen molar-refractivity contribution in [3.8, 4) is 0 Å². The van der Waals surface area contributed by atoms with Gasteiger partial charge in [-0.1, -0.05) is 24.3 Å². The van der Waals surface area contributed by atoms with Crippen molar-refractivity contribution >= 4 is 23.1 Å². The van der Waals surface area contributed by atoms with Crippen LogP contribution < -0.4 is 10.6 Å². The molecule has 2 aromatic heterocycles. The number of nitrogens with one attached hydrogen (secondary N) is 2. The van der Waals surface area contributed by atoms with Crippen LogP contribution in [0.1, 0.15) is 35.3 Å². The maximum atomic E-state index is 5.42. The van der Waals surface area contributed by atoms with Crippen LogP contribution >= 0.6 is 12.2 Å². The molecule has 26 heavy (non-hydrogen) atoms. The van der Waals surface area contributed by atoms with E-state index in [4.69, 9.17) is 12.2 Å². The zero-order valence-electron chi connectivity index (χ0n) is 15.5. The standard InChI is InChI=1S/C19H24N6S/c1-13-7-5-6-8-16(13)11-25-10-9-18(23-25)21-19(26)20-14(2)17-12-24(4)22-15(17)3/h5-10,12,14H,11H2,1-4H3,(H2,20,21,23,26). The second-order valence-electron chi connectivity index (χ2n) is 6.49. The Kier molecular flexibility index (Phi) is 5.37. The van der Waals surface area contributed by atoms with Gasteiger partial charge >= 0.3 is 0 Å². The largest absolute Gasteiger partial charge is 0.356 e. The number of thiocarbonyl (C=S) groups is 1. The molecule has 2 N–H and O–H groups in total. The second-order valence-corrected chi connectivity index (χ2v) is 6.90. The summed E-state index contributed by atoms with van der Waals surface area (Å²) >= 11 is 5.42. The van der Waals surface area contributed by atoms with Crippen molar-refractivity contribution in [3.05, 3.63) is 65.1 Å². The van der Waals surface area contributed by atoms with Crippen molar-refractivity contribution in [3.63, 3.8) is 0 Å². The minimum absolute atomic E-state index is 0.0674. The van der Waals surface area contributed by atoms with Crippen LogP contribution in [0.4, 0.5) is 5.82 Å². The van der Waals surface area contributed by atoms with Gasteiger partial charge in [0.2, 0.25) is 0 Å². The van der Waals surface area contributed by atoms with Crippen LogP contribution in [-0.4, -0.2) is 24.7 Å². The second kappa shape index (κ2) is 7.70. The monoisotopic (exact) mass is 368 g/mol. The van der Waals surface area contributed by atoms with Crippen LogP contribution in [0.15, 0.2) is 42.7 Å². The molecule has 0 amide bonds. The fourth-order valence-corrected chi connectivity index (χ4v) is 3.23. The molecule has 0 aliphatic heterocycles. The summed E-state index contributed by atoms with van der Waals surface area (Å²) in [4.78, 5) is 0. The Balaban J connectivity index is 1.59. The first-order valence-corrected chi connectivity index (χ1v) is 8.99. The molecule has 7 heteroatoms. The van der Waals surface area contributed by atoms with E-state index in [-0.39, 0.29) is 6.04 Å². The van der Waals surface area contributed by atoms with Crippen LogP contribution in [-0.2, 0) is 13.6 Å². The fourth-order valence-electron chi connectivity index (χ4n) is 2.95. The zero-order chi connectivity index (χ0) is 18.7. The number of anilines is 1. The molecule has 1 atom stereocenters. The van der Waals surface area contributed by atoms with Crippen molar-refractivity contribution < 1.29 is 0 Å². The number of hydrogen-bond acceptors (Lipinski definition) is 3. The lowest BCUT2D eigenvalue weighted by molar-refractivity contribution is 0.686. The molecule has 0 aliphatic carbocycles. The highest BCUT2D eigenvalue weighted by Crippen LogP contribution is 2.16. The Labute approximate surface area is 159 Å². The Hall–Kier alpha value is -2.67. The van der Waals surface area contributed by atoms with Gasteiger partial charge in [-0.15, -0.1) is 0 Å². The van der Waals surface area contributed by atoms with Gasteiger partial charge in [-0.25, -0.2) is 0 Å². The summed E-state index contributed by atoms with van der Waals surface area (Å²) in [5, 5.41) is 15.9. The molecule has 0 aliphatic rings. The molecule has 0 saturated heterocycles. The Bertz CT molecular complexity index is 910. The molecule has 0 spiro atoms. The summed E-state index contributed by atoms with van der Waals surface area (Å²) in [5.41, 5.74) is 4.64. The third-order valence-electron chi connectivity index (χ3n) is 4.34. The van der Waals surface area contributed by atoms with Crippen molar-refractivity contribution in [1.29, 1.82) is 0 Å². The summed E-state index contributed by atoms with van der Waals surface area (Å²) in [6, 6.07) is 10.3. The van der Waals surface area contributed by atoms with Gasteiger partial charge in [-0.2, -0.15) is 10.2 Å². The lowest BCUT2D eigenvalue weighted by Gasteiger charge is -2.15. The van der Waals surface area contributed by atoms with E-state index in [1.807, 2.05) is 53.9 Å². The molecule has 6 nitrogen and oxygen atoms in total. The van der Waals surface area contributed by atoms with Crippen LogP contribution in [0.3, 0.4) is 0 Å². The number of nitrogens with zero attached hydrogens (tertiary/aromatic N) is 4. The number of aryl methyl sites for hydroxylation is 3. The number of benzene rings is 1. The molecule has 3 rings (SSSR count). The molecule has 0 bridgehead atoms. The van der Waals surface area contributed by atoms with Gasteiger partial charge in [0.15, 0.2) is 10.9 Å². The lowest BCUT2D eigenvalue weighted by atomic mass is 10.1. The highest BCUT2D eigenvalue weighted by molar-refractivity contribution is 7.80. The van der Waals surface area contributed by atoms with E-state index < -0.39 is 0 Å². The minimum Gasteiger partial charge on any atom is -0.356 e. The molecular formula is C19H24N6S. The maximum absolute atomic E-state index is 5.42. The fraction of sp³-hybridized carbons (Fsp3) is 0.316. The van der Waals surface area contributed by atoms with Gasteiger partial charge in [0, 0.05) is 31.1 Å². The molecule has 0 fully saturated rings. The van der Waals surface area contributed by atoms with E-state index in [2.05, 4.69) is 46.8 Å². The summed E-state index contributed by atoms with van der Waals surface area (Å²) in [7, 11) is 1.92. The molecule has 1 unspecified atom stereocenters. The molecule has 136 valence electrons. The first-order valence-electron chi connectivity index (χ1n) is 8.58. The van der Waals surface area contributed by atoms with Crippen molar-refractivity contribution in [2.45, 2.75) is 33.4 Å². The lowest BCUT2D eigenvalue weighted by Crippen LogP contribution is -2.31. The van der Waals surface area contributed by atoms with E-state index in [9.17, 15) is 0 Å². The summed E-state index contributed by atoms with van der Waals surface area (Å²) in [5.74, 6) is 0.728. The maximum Gasteiger partial charge on any atom is 0.172 e. The van der Waals surface area contributed by atoms with E-state index in [1.165, 1.54) is 11.1 Å². The van der Waals surface area contributed by atoms with Crippen LogP contribution in [0.5, 0.6) is 0 Å². The van der Waals surface area contributed by atoms with Gasteiger partial charge in [0.05, 0.1) is 18.3 Å². The van der Waals surface area contributed by atoms with Crippen molar-refractivity contribution in [2.75, 3.05) is 5.32 Å². The van der Waals surface area contributed by atoms with Crippen LogP contribution in [0, 0.1) is 13.8 Å². The molecule has 1 aromatic carbocycles. The van der Waals surface area contributed by atoms with Gasteiger partial charge in [0.25, 0.3) is 0 Å². The molecule has 3 aromatic rings. The molecule has 2 heterocycles. The average molecular weight is 369 g/mol. The minimum atomic E-state index is 0.0674. The van der Waals surface area contributed by atoms with Gasteiger partial charge < -0.3 is 10.6 Å². The predicted octanol–water partition coefficient (Wildman–Crippen LogP) is 3.33. The SMILES string of the molecule is Cc1ccccc1Cn1ccc(NC(=S)NC(C)c2cn(C)nc2C)n1. The van der Waals surface area contributed by atoms with Crippen molar-refractivity contribution in [1.82, 2.24) is 24.9 Å². The van der Waals surface area contributed by atoms with Crippen LogP contribution in [0.25, 0.3) is 0 Å². The Morgan fingerprint density at radius 1 is 1.19 bits per heavy atom. The number of rotatable bonds is 5. The smallest absolute Gasteiger partial charge is 0.172 e. The molecular weight excluding hydrogens is 344 g/mol. The van der Waals surface area contributed by atoms with E-state index >= 15 is 0 Å². The summed E-state index contributed by atoms with van der Waals surface area (Å²) < 4.78 is 3.72. The van der Waals surface area contributed by atoms with Gasteiger partial charge in [-0.05, 0) is 44.1 Å². The summed E-state index contributed by atoms with van der Waals surface area (Å²) in [6.45, 7) is 6.91. The normalized spacial score (nSPS) is 12.0. The first kappa shape index (κ1) is 18.1. The highest BCUT2D eigenvalue weighted by Gasteiger charge is 2.13. The van der Waals surface area contributed by atoms with Gasteiger partial charge in [0.1, 0.15) is 0 Å². The third-order valence-corrected chi connectivity index (χ3v) is 4.56. The highest BCUT2D eigenvalue weighted by atomic mass is 32.1. The summed E-state index contributed by atoms with van der Waals surface area (Å²) in [6.07, 6.45) is 3.96. The number of hydrogen-bond donors (Lipinski definition) is 2. The van der Waals surface area contributed by atoms with E-state index in [1.54, 1.807) is 0 Å². The van der Waals surface area contributed by atoms with E-state index in [0.717, 1.165) is 23.6 Å². The Morgan fingerprint density at radius 3 is 2.65 bits per heavy atom.